The molecule has 0 heterocycles. The van der Waals surface area contributed by atoms with Crippen LogP contribution in [0.3, 0.4) is 0 Å². The van der Waals surface area contributed by atoms with E-state index in [1.807, 2.05) is 0 Å². The van der Waals surface area contributed by atoms with Crippen LogP contribution < -0.4 is 10.6 Å². The summed E-state index contributed by atoms with van der Waals surface area (Å²) in [5.74, 6) is 0. The van der Waals surface area contributed by atoms with Gasteiger partial charge in [0.15, 0.2) is 0 Å². The lowest BCUT2D eigenvalue weighted by Gasteiger charge is -2.03. The molecule has 4 nitrogen and oxygen atoms in total. The Morgan fingerprint density at radius 1 is 1.00 bits per heavy atom. The van der Waals surface area contributed by atoms with E-state index in [2.05, 4.69) is 10.6 Å². The topological polar surface area (TPSA) is 58.2 Å². The van der Waals surface area contributed by atoms with Crippen molar-refractivity contribution in [3.05, 3.63) is 24.3 Å². The van der Waals surface area contributed by atoms with Gasteiger partial charge in [0.05, 0.1) is 0 Å². The number of hydrogen-bond donors (Lipinski definition) is 2. The first kappa shape index (κ1) is 10.8. The van der Waals surface area contributed by atoms with Crippen LogP contribution in [0.2, 0.25) is 0 Å². The van der Waals surface area contributed by atoms with Crippen LogP contribution in [0.5, 0.6) is 0 Å². The van der Waals surface area contributed by atoms with Crippen LogP contribution >= 0.6 is 23.2 Å². The number of anilines is 2. The average molecular weight is 233 g/mol. The molecule has 0 saturated heterocycles. The van der Waals surface area contributed by atoms with E-state index >= 15 is 0 Å². The highest BCUT2D eigenvalue weighted by Gasteiger charge is 2.00. The maximum atomic E-state index is 10.5. The summed E-state index contributed by atoms with van der Waals surface area (Å²) in [5.41, 5.74) is 0.959. The van der Waals surface area contributed by atoms with Gasteiger partial charge in [-0.05, 0) is 41.4 Å². The first-order valence-corrected chi connectivity index (χ1v) is 4.36. The van der Waals surface area contributed by atoms with Crippen LogP contribution in [-0.4, -0.2) is 10.7 Å². The number of carbonyl (C=O) groups is 2. The van der Waals surface area contributed by atoms with E-state index < -0.39 is 10.7 Å². The fraction of sp³-hybridized carbons (Fsp3) is 0. The molecule has 0 aliphatic rings. The summed E-state index contributed by atoms with van der Waals surface area (Å²) in [5, 5.41) is 3.31. The van der Waals surface area contributed by atoms with Crippen molar-refractivity contribution < 1.29 is 9.59 Å². The second-order valence-corrected chi connectivity index (χ2v) is 3.06. The van der Waals surface area contributed by atoms with Gasteiger partial charge in [-0.15, -0.1) is 0 Å². The second-order valence-electron chi connectivity index (χ2n) is 2.38. The number of halogens is 2. The van der Waals surface area contributed by atoms with Crippen molar-refractivity contribution in [3.63, 3.8) is 0 Å². The molecule has 14 heavy (non-hydrogen) atoms. The maximum absolute atomic E-state index is 10.5. The van der Waals surface area contributed by atoms with Gasteiger partial charge >= 0.3 is 10.7 Å². The van der Waals surface area contributed by atoms with Crippen molar-refractivity contribution in [3.8, 4) is 0 Å². The third-order valence-electron chi connectivity index (χ3n) is 1.35. The van der Waals surface area contributed by atoms with E-state index in [9.17, 15) is 9.59 Å². The van der Waals surface area contributed by atoms with Crippen molar-refractivity contribution in [1.29, 1.82) is 0 Å². The number of benzene rings is 1. The van der Waals surface area contributed by atoms with E-state index in [0.717, 1.165) is 0 Å². The van der Waals surface area contributed by atoms with Crippen molar-refractivity contribution in [2.45, 2.75) is 0 Å². The van der Waals surface area contributed by atoms with Crippen molar-refractivity contribution in [1.82, 2.24) is 0 Å². The molecule has 0 spiro atoms. The van der Waals surface area contributed by atoms with Crippen LogP contribution in [0.15, 0.2) is 24.3 Å². The number of nitrogens with one attached hydrogen (secondary N) is 2. The smallest absolute Gasteiger partial charge is 0.312 e. The zero-order valence-electron chi connectivity index (χ0n) is 6.88. The first-order valence-electron chi connectivity index (χ1n) is 3.61. The lowest BCUT2D eigenvalue weighted by Crippen LogP contribution is -2.04. The zero-order chi connectivity index (χ0) is 10.6. The van der Waals surface area contributed by atoms with E-state index in [-0.39, 0.29) is 0 Å². The third-order valence-corrected chi connectivity index (χ3v) is 1.54. The average Bonchev–Trinajstić information content (AvgIpc) is 2.01. The highest BCUT2D eigenvalue weighted by atomic mass is 35.5. The Bertz CT molecular complexity index is 337. The van der Waals surface area contributed by atoms with E-state index in [1.54, 1.807) is 18.2 Å². The van der Waals surface area contributed by atoms with Crippen LogP contribution in [0.4, 0.5) is 21.0 Å². The summed E-state index contributed by atoms with van der Waals surface area (Å²) in [7, 11) is 0. The van der Waals surface area contributed by atoms with Gasteiger partial charge in [-0.25, -0.2) is 0 Å². The molecule has 0 unspecified atom stereocenters. The molecule has 74 valence electrons. The molecule has 6 heteroatoms. The molecular formula is C8H6Cl2N2O2. The predicted molar refractivity (Wildman–Crippen MR) is 56.2 cm³/mol. The highest BCUT2D eigenvalue weighted by molar-refractivity contribution is 6.66. The largest absolute Gasteiger partial charge is 0.318 e. The van der Waals surface area contributed by atoms with Crippen LogP contribution in [0.25, 0.3) is 0 Å². The minimum atomic E-state index is -0.695. The van der Waals surface area contributed by atoms with Crippen LogP contribution in [0.1, 0.15) is 0 Å². The summed E-state index contributed by atoms with van der Waals surface area (Å²) in [4.78, 5) is 21.0. The Labute approximate surface area is 90.2 Å². The third kappa shape index (κ3) is 3.64. The lowest BCUT2D eigenvalue weighted by molar-refractivity contribution is 0.268. The Morgan fingerprint density at radius 3 is 1.79 bits per heavy atom. The van der Waals surface area contributed by atoms with Gasteiger partial charge in [0, 0.05) is 11.4 Å². The SMILES string of the molecule is O=C(Cl)Nc1cccc(NC(=O)Cl)c1. The minimum Gasteiger partial charge on any atom is -0.312 e. The molecule has 0 radical (unpaired) electrons. The molecular weight excluding hydrogens is 227 g/mol. The Balaban J connectivity index is 2.78. The van der Waals surface area contributed by atoms with E-state index in [1.165, 1.54) is 6.07 Å². The monoisotopic (exact) mass is 232 g/mol. The first-order chi connectivity index (χ1) is 6.58. The van der Waals surface area contributed by atoms with E-state index in [4.69, 9.17) is 23.2 Å². The molecule has 0 saturated carbocycles. The van der Waals surface area contributed by atoms with Crippen LogP contribution in [0, 0.1) is 0 Å². The van der Waals surface area contributed by atoms with Gasteiger partial charge in [0.2, 0.25) is 0 Å². The van der Waals surface area contributed by atoms with Gasteiger partial charge < -0.3 is 10.6 Å². The molecule has 0 atom stereocenters. The molecule has 0 aliphatic heterocycles. The number of hydrogen-bond acceptors (Lipinski definition) is 2. The molecule has 0 fully saturated rings. The zero-order valence-corrected chi connectivity index (χ0v) is 8.39. The predicted octanol–water partition coefficient (Wildman–Crippen LogP) is 3.23. The van der Waals surface area contributed by atoms with Crippen molar-refractivity contribution >= 4 is 45.3 Å². The number of carbonyl (C=O) groups excluding carboxylic acids is 2. The summed E-state index contributed by atoms with van der Waals surface area (Å²) in [6.45, 7) is 0. The lowest BCUT2D eigenvalue weighted by atomic mass is 10.3. The molecule has 2 N–H and O–H groups in total. The van der Waals surface area contributed by atoms with Gasteiger partial charge in [-0.2, -0.15) is 0 Å². The molecule has 0 bridgehead atoms. The molecule has 0 aromatic heterocycles. The van der Waals surface area contributed by atoms with Crippen molar-refractivity contribution in [2.24, 2.45) is 0 Å². The summed E-state index contributed by atoms with van der Waals surface area (Å²) >= 11 is 10.2. The maximum Gasteiger partial charge on any atom is 0.318 e. The molecule has 1 aromatic rings. The number of rotatable bonds is 2. The normalized spacial score (nSPS) is 9.29. The van der Waals surface area contributed by atoms with Crippen LogP contribution in [-0.2, 0) is 0 Å². The Kier molecular flexibility index (Phi) is 3.73. The quantitative estimate of drug-likeness (QED) is 0.608. The van der Waals surface area contributed by atoms with Gasteiger partial charge in [-0.3, -0.25) is 9.59 Å². The summed E-state index contributed by atoms with van der Waals surface area (Å²) < 4.78 is 0. The van der Waals surface area contributed by atoms with Gasteiger partial charge in [0.1, 0.15) is 0 Å². The number of amides is 2. The van der Waals surface area contributed by atoms with Crippen molar-refractivity contribution in [2.75, 3.05) is 10.6 Å². The highest BCUT2D eigenvalue weighted by Crippen LogP contribution is 2.15. The van der Waals surface area contributed by atoms with Gasteiger partial charge in [-0.1, -0.05) is 6.07 Å². The Morgan fingerprint density at radius 2 is 1.43 bits per heavy atom. The standard InChI is InChI=1S/C8H6Cl2N2O2/c9-7(13)11-5-2-1-3-6(4-5)12-8(10)14/h1-4H,(H,11,13)(H,12,14). The molecule has 2 amide bonds. The molecule has 0 aliphatic carbocycles. The fourth-order valence-corrected chi connectivity index (χ4v) is 1.12. The molecule has 1 rings (SSSR count). The van der Waals surface area contributed by atoms with E-state index in [0.29, 0.717) is 11.4 Å². The fourth-order valence-electron chi connectivity index (χ4n) is 0.902. The molecule has 1 aromatic carbocycles. The Hall–Kier alpha value is -1.26. The summed E-state index contributed by atoms with van der Waals surface area (Å²) in [6, 6.07) is 6.43. The second kappa shape index (κ2) is 4.83. The summed E-state index contributed by atoms with van der Waals surface area (Å²) in [6.07, 6.45) is 0. The minimum absolute atomic E-state index is 0.480. The van der Waals surface area contributed by atoms with Gasteiger partial charge in [0.25, 0.3) is 0 Å².